The molecule has 1 aliphatic heterocycles. The molecule has 4 nitrogen and oxygen atoms in total. The highest BCUT2D eigenvalue weighted by Gasteiger charge is 2.47. The van der Waals surface area contributed by atoms with Crippen LogP contribution in [0.1, 0.15) is 62.7 Å². The van der Waals surface area contributed by atoms with Gasteiger partial charge in [-0.1, -0.05) is 6.92 Å². The van der Waals surface area contributed by atoms with E-state index in [-0.39, 0.29) is 10.9 Å². The van der Waals surface area contributed by atoms with Gasteiger partial charge in [0.15, 0.2) is 0 Å². The topological polar surface area (TPSA) is 55.0 Å². The number of fused-ring (bicyclic) bond motifs is 3. The average Bonchev–Trinajstić information content (AvgIpc) is 2.84. The van der Waals surface area contributed by atoms with E-state index in [9.17, 15) is 4.79 Å². The van der Waals surface area contributed by atoms with Crippen molar-refractivity contribution in [3.63, 3.8) is 0 Å². The van der Waals surface area contributed by atoms with Crippen LogP contribution in [-0.2, 0) is 15.9 Å². The number of alkyl halides is 1. The summed E-state index contributed by atoms with van der Waals surface area (Å²) < 4.78 is 6.11. The average molecular weight is 327 g/mol. The van der Waals surface area contributed by atoms with Gasteiger partial charge < -0.3 is 9.72 Å². The van der Waals surface area contributed by atoms with Crippen LogP contribution in [0.2, 0.25) is 0 Å². The van der Waals surface area contributed by atoms with Gasteiger partial charge in [0.2, 0.25) is 0 Å². The Morgan fingerprint density at radius 3 is 2.62 bits per heavy atom. The molecule has 1 unspecified atom stereocenters. The standard InChI is InChI=1S/C15H19ClN2O2S/c1-6-7(16)11-17-12(19)8-9-10(21-13(8)18-11)15(4,5)20-14(9,2)3/h7H,6H2,1-5H3,(H,17,18,19). The van der Waals surface area contributed by atoms with Crippen molar-refractivity contribution in [3.05, 3.63) is 26.6 Å². The molecule has 0 saturated heterocycles. The van der Waals surface area contributed by atoms with Crippen molar-refractivity contribution in [2.24, 2.45) is 0 Å². The number of hydrogen-bond donors (Lipinski definition) is 1. The summed E-state index contributed by atoms with van der Waals surface area (Å²) >= 11 is 7.75. The largest absolute Gasteiger partial charge is 0.359 e. The zero-order valence-corrected chi connectivity index (χ0v) is 14.4. The molecule has 2 aromatic heterocycles. The van der Waals surface area contributed by atoms with Crippen LogP contribution in [0.5, 0.6) is 0 Å². The molecule has 0 aliphatic carbocycles. The third kappa shape index (κ3) is 2.14. The van der Waals surface area contributed by atoms with Gasteiger partial charge in [-0.05, 0) is 34.1 Å². The minimum Gasteiger partial charge on any atom is -0.359 e. The van der Waals surface area contributed by atoms with Crippen LogP contribution in [0, 0.1) is 0 Å². The first kappa shape index (κ1) is 15.0. The number of hydrogen-bond acceptors (Lipinski definition) is 4. The van der Waals surface area contributed by atoms with E-state index in [1.807, 2.05) is 34.6 Å². The maximum absolute atomic E-state index is 12.5. The highest BCUT2D eigenvalue weighted by atomic mass is 35.5. The molecule has 1 N–H and O–H groups in total. The van der Waals surface area contributed by atoms with Gasteiger partial charge in [0.05, 0.1) is 22.0 Å². The Kier molecular flexibility index (Phi) is 3.24. The van der Waals surface area contributed by atoms with Crippen molar-refractivity contribution in [2.45, 2.75) is 57.6 Å². The predicted molar refractivity (Wildman–Crippen MR) is 86.3 cm³/mol. The normalized spacial score (nSPS) is 20.7. The molecule has 0 bridgehead atoms. The van der Waals surface area contributed by atoms with Crippen LogP contribution >= 0.6 is 22.9 Å². The SMILES string of the molecule is CCC(Cl)c1nc2sc3c(c2c(=O)[nH]1)C(C)(C)OC3(C)C. The third-order valence-corrected chi connectivity index (χ3v) is 5.80. The van der Waals surface area contributed by atoms with Gasteiger partial charge in [-0.3, -0.25) is 4.79 Å². The van der Waals surface area contributed by atoms with Crippen LogP contribution in [0.3, 0.4) is 0 Å². The molecule has 6 heteroatoms. The van der Waals surface area contributed by atoms with Gasteiger partial charge in [0.25, 0.3) is 5.56 Å². The van der Waals surface area contributed by atoms with E-state index in [1.165, 1.54) is 11.3 Å². The molecule has 0 amide bonds. The summed E-state index contributed by atoms with van der Waals surface area (Å²) in [4.78, 5) is 21.8. The Bertz CT molecular complexity index is 776. The monoisotopic (exact) mass is 326 g/mol. The second-order valence-corrected chi connectivity index (χ2v) is 7.96. The smallest absolute Gasteiger partial charge is 0.260 e. The van der Waals surface area contributed by atoms with Gasteiger partial charge in [0.1, 0.15) is 10.7 Å². The first-order chi connectivity index (χ1) is 9.67. The number of nitrogens with zero attached hydrogens (tertiary/aromatic N) is 1. The summed E-state index contributed by atoms with van der Waals surface area (Å²) in [5.74, 6) is 0.549. The minimum atomic E-state index is -0.488. The lowest BCUT2D eigenvalue weighted by Gasteiger charge is -2.25. The van der Waals surface area contributed by atoms with E-state index in [2.05, 4.69) is 9.97 Å². The first-order valence-electron chi connectivity index (χ1n) is 7.09. The molecule has 1 atom stereocenters. The first-order valence-corrected chi connectivity index (χ1v) is 8.34. The highest BCUT2D eigenvalue weighted by Crippen LogP contribution is 2.52. The van der Waals surface area contributed by atoms with Gasteiger partial charge in [-0.2, -0.15) is 0 Å². The van der Waals surface area contributed by atoms with Crippen LogP contribution in [0.4, 0.5) is 0 Å². The van der Waals surface area contributed by atoms with Crippen molar-refractivity contribution < 1.29 is 4.74 Å². The maximum atomic E-state index is 12.5. The lowest BCUT2D eigenvalue weighted by Crippen LogP contribution is -2.24. The van der Waals surface area contributed by atoms with Crippen molar-refractivity contribution in [1.29, 1.82) is 0 Å². The number of halogens is 1. The summed E-state index contributed by atoms with van der Waals surface area (Å²) in [6.07, 6.45) is 0.723. The Morgan fingerprint density at radius 2 is 2.00 bits per heavy atom. The zero-order chi connectivity index (χ0) is 15.6. The lowest BCUT2D eigenvalue weighted by atomic mass is 9.96. The second kappa shape index (κ2) is 4.54. The molecule has 3 heterocycles. The Morgan fingerprint density at radius 1 is 1.33 bits per heavy atom. The van der Waals surface area contributed by atoms with Gasteiger partial charge in [0, 0.05) is 10.4 Å². The molecule has 0 spiro atoms. The van der Waals surface area contributed by atoms with Gasteiger partial charge >= 0.3 is 0 Å². The Labute approximate surface area is 132 Å². The molecule has 1 aliphatic rings. The molecule has 0 fully saturated rings. The van der Waals surface area contributed by atoms with Crippen molar-refractivity contribution in [3.8, 4) is 0 Å². The molecule has 0 radical (unpaired) electrons. The summed E-state index contributed by atoms with van der Waals surface area (Å²) in [5.41, 5.74) is -0.0447. The quantitative estimate of drug-likeness (QED) is 0.842. The number of nitrogens with one attached hydrogen (secondary N) is 1. The summed E-state index contributed by atoms with van der Waals surface area (Å²) in [7, 11) is 0. The van der Waals surface area contributed by atoms with Crippen LogP contribution in [-0.4, -0.2) is 9.97 Å². The Balaban J connectivity index is 2.34. The van der Waals surface area contributed by atoms with E-state index in [4.69, 9.17) is 16.3 Å². The molecule has 114 valence electrons. The second-order valence-electron chi connectivity index (χ2n) is 6.44. The predicted octanol–water partition coefficient (Wildman–Crippen LogP) is 4.17. The fourth-order valence-corrected chi connectivity index (χ4v) is 4.57. The molecule has 21 heavy (non-hydrogen) atoms. The van der Waals surface area contributed by atoms with Crippen LogP contribution < -0.4 is 5.56 Å². The zero-order valence-electron chi connectivity index (χ0n) is 12.8. The molecular formula is C15H19ClN2O2S. The van der Waals surface area contributed by atoms with E-state index in [1.54, 1.807) is 0 Å². The van der Waals surface area contributed by atoms with Crippen molar-refractivity contribution in [2.75, 3.05) is 0 Å². The number of thiophene rings is 1. The summed E-state index contributed by atoms with van der Waals surface area (Å²) in [6, 6.07) is 0. The van der Waals surface area contributed by atoms with Crippen LogP contribution in [0.15, 0.2) is 4.79 Å². The van der Waals surface area contributed by atoms with Crippen LogP contribution in [0.25, 0.3) is 10.2 Å². The van der Waals surface area contributed by atoms with Gasteiger partial charge in [-0.25, -0.2) is 4.98 Å². The molecule has 0 aromatic carbocycles. The molecule has 3 rings (SSSR count). The number of aromatic nitrogens is 2. The highest BCUT2D eigenvalue weighted by molar-refractivity contribution is 7.19. The third-order valence-electron chi connectivity index (χ3n) is 3.89. The molecular weight excluding hydrogens is 308 g/mol. The van der Waals surface area contributed by atoms with E-state index >= 15 is 0 Å². The number of rotatable bonds is 2. The lowest BCUT2D eigenvalue weighted by molar-refractivity contribution is -0.103. The van der Waals surface area contributed by atoms with Crippen molar-refractivity contribution in [1.82, 2.24) is 9.97 Å². The number of H-pyrrole nitrogens is 1. The summed E-state index contributed by atoms with van der Waals surface area (Å²) in [5, 5.41) is 0.380. The molecule has 0 saturated carbocycles. The number of ether oxygens (including phenoxy) is 1. The minimum absolute atomic E-state index is 0.124. The van der Waals surface area contributed by atoms with Crippen molar-refractivity contribution >= 4 is 33.2 Å². The molecule has 2 aromatic rings. The van der Waals surface area contributed by atoms with E-state index in [0.29, 0.717) is 11.2 Å². The maximum Gasteiger partial charge on any atom is 0.260 e. The number of aromatic amines is 1. The fraction of sp³-hybridized carbons (Fsp3) is 0.600. The van der Waals surface area contributed by atoms with E-state index < -0.39 is 11.2 Å². The summed E-state index contributed by atoms with van der Waals surface area (Å²) in [6.45, 7) is 10.0. The Hall–Kier alpha value is -0.910. The van der Waals surface area contributed by atoms with E-state index in [0.717, 1.165) is 21.7 Å². The fourth-order valence-electron chi connectivity index (χ4n) is 3.10. The van der Waals surface area contributed by atoms with Gasteiger partial charge in [-0.15, -0.1) is 22.9 Å².